The number of ether oxygens (including phenoxy) is 1. The van der Waals surface area contributed by atoms with Gasteiger partial charge in [-0.25, -0.2) is 0 Å². The Hall–Kier alpha value is -1.95. The van der Waals surface area contributed by atoms with Crippen molar-refractivity contribution < 1.29 is 14.3 Å². The molecule has 1 atom stereocenters. The second-order valence-corrected chi connectivity index (χ2v) is 7.33. The fourth-order valence-corrected chi connectivity index (χ4v) is 3.28. The summed E-state index contributed by atoms with van der Waals surface area (Å²) in [5.41, 5.74) is 0.852. The van der Waals surface area contributed by atoms with Crippen LogP contribution in [0.1, 0.15) is 18.9 Å². The zero-order chi connectivity index (χ0) is 20.7. The molecule has 0 fully saturated rings. The summed E-state index contributed by atoms with van der Waals surface area (Å²) in [5.74, 6) is -0.232. The van der Waals surface area contributed by atoms with Gasteiger partial charge in [0.15, 0.2) is 6.61 Å². The van der Waals surface area contributed by atoms with Gasteiger partial charge >= 0.3 is 0 Å². The molecule has 2 amide bonds. The van der Waals surface area contributed by atoms with Crippen LogP contribution in [-0.4, -0.2) is 36.4 Å². The van der Waals surface area contributed by atoms with Crippen LogP contribution in [0, 0.1) is 0 Å². The van der Waals surface area contributed by atoms with Crippen LogP contribution >= 0.6 is 34.8 Å². The lowest BCUT2D eigenvalue weighted by Crippen LogP contribution is -2.49. The molecule has 1 N–H and O–H groups in total. The first-order valence-corrected chi connectivity index (χ1v) is 9.82. The maximum Gasteiger partial charge on any atom is 0.261 e. The quantitative estimate of drug-likeness (QED) is 0.650. The van der Waals surface area contributed by atoms with Crippen LogP contribution in [0.2, 0.25) is 15.1 Å². The van der Waals surface area contributed by atoms with Gasteiger partial charge in [-0.2, -0.15) is 0 Å². The van der Waals surface area contributed by atoms with E-state index in [0.29, 0.717) is 27.2 Å². The first kappa shape index (κ1) is 22.3. The van der Waals surface area contributed by atoms with Crippen molar-refractivity contribution in [2.24, 2.45) is 0 Å². The SMILES string of the molecule is CC[C@@H](C(=O)NC)N(Cc1ccc(Cl)cc1)C(=O)COc1ccc(Cl)cc1Cl. The first-order chi connectivity index (χ1) is 13.3. The minimum atomic E-state index is -0.627. The maximum absolute atomic E-state index is 12.9. The molecule has 28 heavy (non-hydrogen) atoms. The Morgan fingerprint density at radius 2 is 1.71 bits per heavy atom. The Labute approximate surface area is 179 Å². The molecule has 2 rings (SSSR count). The third-order valence-electron chi connectivity index (χ3n) is 4.14. The number of hydrogen-bond donors (Lipinski definition) is 1. The smallest absolute Gasteiger partial charge is 0.261 e. The van der Waals surface area contributed by atoms with Crippen LogP contribution in [0.15, 0.2) is 42.5 Å². The lowest BCUT2D eigenvalue weighted by atomic mass is 10.1. The van der Waals surface area contributed by atoms with E-state index in [4.69, 9.17) is 39.5 Å². The predicted molar refractivity (Wildman–Crippen MR) is 112 cm³/mol. The molecule has 0 aliphatic rings. The molecular formula is C20H21Cl3N2O3. The fraction of sp³-hybridized carbons (Fsp3) is 0.300. The van der Waals surface area contributed by atoms with Gasteiger partial charge in [-0.3, -0.25) is 9.59 Å². The lowest BCUT2D eigenvalue weighted by Gasteiger charge is -2.30. The van der Waals surface area contributed by atoms with Gasteiger partial charge in [-0.15, -0.1) is 0 Å². The van der Waals surface area contributed by atoms with Gasteiger partial charge < -0.3 is 15.0 Å². The Kier molecular flexibility index (Phi) is 8.42. The molecule has 0 aliphatic carbocycles. The van der Waals surface area contributed by atoms with Gasteiger partial charge in [0.25, 0.3) is 5.91 Å². The van der Waals surface area contributed by atoms with E-state index in [9.17, 15) is 9.59 Å². The van der Waals surface area contributed by atoms with Gasteiger partial charge in [0.1, 0.15) is 11.8 Å². The van der Waals surface area contributed by atoms with Crippen LogP contribution in [0.3, 0.4) is 0 Å². The molecule has 0 unspecified atom stereocenters. The van der Waals surface area contributed by atoms with Gasteiger partial charge in [0, 0.05) is 23.6 Å². The highest BCUT2D eigenvalue weighted by atomic mass is 35.5. The van der Waals surface area contributed by atoms with Gasteiger partial charge in [0.2, 0.25) is 5.91 Å². The molecular weight excluding hydrogens is 423 g/mol. The van der Waals surface area contributed by atoms with Crippen molar-refractivity contribution in [3.8, 4) is 5.75 Å². The number of nitrogens with one attached hydrogen (secondary N) is 1. The van der Waals surface area contributed by atoms with Crippen molar-refractivity contribution in [3.63, 3.8) is 0 Å². The molecule has 0 radical (unpaired) electrons. The molecule has 2 aromatic rings. The van der Waals surface area contributed by atoms with E-state index < -0.39 is 6.04 Å². The Balaban J connectivity index is 2.19. The lowest BCUT2D eigenvalue weighted by molar-refractivity contribution is -0.142. The third kappa shape index (κ3) is 6.03. The molecule has 5 nitrogen and oxygen atoms in total. The summed E-state index contributed by atoms with van der Waals surface area (Å²) in [7, 11) is 1.54. The normalized spacial score (nSPS) is 11.6. The third-order valence-corrected chi connectivity index (χ3v) is 4.93. The summed E-state index contributed by atoms with van der Waals surface area (Å²) in [6, 6.07) is 11.2. The number of benzene rings is 2. The van der Waals surface area contributed by atoms with E-state index >= 15 is 0 Å². The van der Waals surface area contributed by atoms with Crippen LogP contribution in [-0.2, 0) is 16.1 Å². The summed E-state index contributed by atoms with van der Waals surface area (Å²) in [6.45, 7) is 1.83. The number of likely N-dealkylation sites (N-methyl/N-ethyl adjacent to an activating group) is 1. The predicted octanol–water partition coefficient (Wildman–Crippen LogP) is 4.58. The molecule has 0 bridgehead atoms. The standard InChI is InChI=1S/C20H21Cl3N2O3/c1-3-17(20(27)24-2)25(11-13-4-6-14(21)7-5-13)19(26)12-28-18-9-8-15(22)10-16(18)23/h4-10,17H,3,11-12H2,1-2H3,(H,24,27)/t17-/m0/s1. The van der Waals surface area contributed by atoms with Crippen molar-refractivity contribution in [1.82, 2.24) is 10.2 Å². The maximum atomic E-state index is 12.9. The van der Waals surface area contributed by atoms with E-state index in [-0.39, 0.29) is 25.0 Å². The minimum Gasteiger partial charge on any atom is -0.482 e. The van der Waals surface area contributed by atoms with Crippen molar-refractivity contribution in [2.75, 3.05) is 13.7 Å². The number of carbonyl (C=O) groups excluding carboxylic acids is 2. The van der Waals surface area contributed by atoms with Gasteiger partial charge in [-0.1, -0.05) is 53.9 Å². The first-order valence-electron chi connectivity index (χ1n) is 8.69. The second kappa shape index (κ2) is 10.6. The summed E-state index contributed by atoms with van der Waals surface area (Å²) in [6.07, 6.45) is 0.459. The molecule has 0 saturated carbocycles. The Morgan fingerprint density at radius 1 is 1.07 bits per heavy atom. The largest absolute Gasteiger partial charge is 0.482 e. The zero-order valence-corrected chi connectivity index (χ0v) is 17.8. The van der Waals surface area contributed by atoms with E-state index in [1.807, 2.05) is 19.1 Å². The number of hydrogen-bond acceptors (Lipinski definition) is 3. The Morgan fingerprint density at radius 3 is 2.29 bits per heavy atom. The summed E-state index contributed by atoms with van der Waals surface area (Å²) < 4.78 is 5.56. The highest BCUT2D eigenvalue weighted by Crippen LogP contribution is 2.27. The van der Waals surface area contributed by atoms with Crippen LogP contribution in [0.4, 0.5) is 0 Å². The summed E-state index contributed by atoms with van der Waals surface area (Å²) >= 11 is 17.9. The minimum absolute atomic E-state index is 0.241. The number of rotatable bonds is 8. The van der Waals surface area contributed by atoms with Crippen molar-refractivity contribution in [2.45, 2.75) is 25.9 Å². The molecule has 150 valence electrons. The molecule has 0 spiro atoms. The van der Waals surface area contributed by atoms with E-state index in [1.165, 1.54) is 11.0 Å². The van der Waals surface area contributed by atoms with Gasteiger partial charge in [0.05, 0.1) is 5.02 Å². The molecule has 0 aliphatic heterocycles. The number of amides is 2. The molecule has 0 saturated heterocycles. The molecule has 8 heteroatoms. The number of nitrogens with zero attached hydrogens (tertiary/aromatic N) is 1. The number of halogens is 3. The Bertz CT molecular complexity index is 828. The summed E-state index contributed by atoms with van der Waals surface area (Å²) in [5, 5.41) is 3.98. The van der Waals surface area contributed by atoms with Gasteiger partial charge in [-0.05, 0) is 42.3 Å². The van der Waals surface area contributed by atoms with Crippen LogP contribution < -0.4 is 10.1 Å². The van der Waals surface area contributed by atoms with E-state index in [1.54, 1.807) is 31.3 Å². The fourth-order valence-electron chi connectivity index (χ4n) is 2.69. The van der Waals surface area contributed by atoms with E-state index in [2.05, 4.69) is 5.32 Å². The highest BCUT2D eigenvalue weighted by molar-refractivity contribution is 6.35. The van der Waals surface area contributed by atoms with Crippen molar-refractivity contribution >= 4 is 46.6 Å². The molecule has 0 aromatic heterocycles. The van der Waals surface area contributed by atoms with Crippen LogP contribution in [0.25, 0.3) is 0 Å². The van der Waals surface area contributed by atoms with Crippen molar-refractivity contribution in [3.05, 3.63) is 63.1 Å². The molecule has 0 heterocycles. The van der Waals surface area contributed by atoms with Crippen molar-refractivity contribution in [1.29, 1.82) is 0 Å². The van der Waals surface area contributed by atoms with Crippen LogP contribution in [0.5, 0.6) is 5.75 Å². The zero-order valence-electron chi connectivity index (χ0n) is 15.5. The monoisotopic (exact) mass is 442 g/mol. The number of carbonyl (C=O) groups is 2. The second-order valence-electron chi connectivity index (χ2n) is 6.05. The highest BCUT2D eigenvalue weighted by Gasteiger charge is 2.28. The summed E-state index contributed by atoms with van der Waals surface area (Å²) in [4.78, 5) is 26.7. The average molecular weight is 444 g/mol. The van der Waals surface area contributed by atoms with E-state index in [0.717, 1.165) is 5.56 Å². The molecule has 2 aromatic carbocycles. The average Bonchev–Trinajstić information content (AvgIpc) is 2.68. The topological polar surface area (TPSA) is 58.6 Å².